The van der Waals surface area contributed by atoms with Gasteiger partial charge in [-0.3, -0.25) is 4.79 Å². The van der Waals surface area contributed by atoms with E-state index in [1.807, 2.05) is 9.80 Å². The summed E-state index contributed by atoms with van der Waals surface area (Å²) in [5.74, 6) is -0.613. The number of nitrogens with zero attached hydrogens (tertiary/aromatic N) is 3. The molecule has 1 amide bonds. The van der Waals surface area contributed by atoms with Crippen molar-refractivity contribution in [2.75, 3.05) is 51.2 Å². The summed E-state index contributed by atoms with van der Waals surface area (Å²) in [6.07, 6.45) is 1.49. The van der Waals surface area contributed by atoms with Crippen molar-refractivity contribution in [2.45, 2.75) is 18.8 Å². The molecule has 3 aromatic carbocycles. The minimum absolute atomic E-state index is 0.132. The minimum Gasteiger partial charge on any atom is -0.366 e. The largest absolute Gasteiger partial charge is 0.366 e. The van der Waals surface area contributed by atoms with Crippen LogP contribution in [0.25, 0.3) is 11.1 Å². The first kappa shape index (κ1) is 23.5. The molecule has 0 atom stereocenters. The zero-order chi connectivity index (χ0) is 24.4. The SMILES string of the molecule is CN(CCC(=O)N1CCN(c2ccc(F)cc2F)CC1)CCC1c2ccccc2-c2ccccc21. The van der Waals surface area contributed by atoms with Crippen molar-refractivity contribution in [2.24, 2.45) is 0 Å². The van der Waals surface area contributed by atoms with Gasteiger partial charge >= 0.3 is 0 Å². The fourth-order valence-electron chi connectivity index (χ4n) is 5.41. The van der Waals surface area contributed by atoms with E-state index in [9.17, 15) is 13.6 Å². The van der Waals surface area contributed by atoms with Crippen molar-refractivity contribution in [3.05, 3.63) is 89.5 Å². The van der Waals surface area contributed by atoms with Crippen LogP contribution in [0, 0.1) is 11.6 Å². The van der Waals surface area contributed by atoms with Crippen molar-refractivity contribution < 1.29 is 13.6 Å². The Hall–Kier alpha value is -3.25. The molecule has 0 aromatic heterocycles. The lowest BCUT2D eigenvalue weighted by molar-refractivity contribution is -0.131. The summed E-state index contributed by atoms with van der Waals surface area (Å²) in [6.45, 7) is 3.82. The Morgan fingerprint density at radius 1 is 0.886 bits per heavy atom. The molecule has 1 fully saturated rings. The van der Waals surface area contributed by atoms with Gasteiger partial charge in [0, 0.05) is 51.1 Å². The molecule has 0 radical (unpaired) electrons. The van der Waals surface area contributed by atoms with Crippen molar-refractivity contribution in [1.82, 2.24) is 9.80 Å². The zero-order valence-electron chi connectivity index (χ0n) is 20.1. The van der Waals surface area contributed by atoms with E-state index in [1.54, 1.807) is 0 Å². The lowest BCUT2D eigenvalue weighted by atomic mass is 9.93. The molecular weight excluding hydrogens is 444 g/mol. The molecular formula is C29H31F2N3O. The molecule has 4 nitrogen and oxygen atoms in total. The maximum atomic E-state index is 14.1. The topological polar surface area (TPSA) is 26.8 Å². The molecule has 1 aliphatic heterocycles. The van der Waals surface area contributed by atoms with Crippen molar-refractivity contribution >= 4 is 11.6 Å². The summed E-state index contributed by atoms with van der Waals surface area (Å²) in [4.78, 5) is 18.8. The molecule has 3 aromatic rings. The van der Waals surface area contributed by atoms with Crippen LogP contribution in [0.1, 0.15) is 29.9 Å². The molecule has 1 saturated heterocycles. The molecule has 5 rings (SSSR count). The van der Waals surface area contributed by atoms with E-state index in [0.717, 1.165) is 19.0 Å². The second kappa shape index (κ2) is 10.2. The summed E-state index contributed by atoms with van der Waals surface area (Å²) < 4.78 is 27.3. The van der Waals surface area contributed by atoms with Crippen LogP contribution in [0.15, 0.2) is 66.7 Å². The number of amides is 1. The summed E-state index contributed by atoms with van der Waals surface area (Å²) in [7, 11) is 2.08. The lowest BCUT2D eigenvalue weighted by Crippen LogP contribution is -2.49. The molecule has 6 heteroatoms. The van der Waals surface area contributed by atoms with Crippen LogP contribution >= 0.6 is 0 Å². The molecule has 1 heterocycles. The van der Waals surface area contributed by atoms with Gasteiger partial charge in [0.25, 0.3) is 0 Å². The third-order valence-electron chi connectivity index (χ3n) is 7.35. The quantitative estimate of drug-likeness (QED) is 0.474. The van der Waals surface area contributed by atoms with E-state index in [1.165, 1.54) is 34.4 Å². The first-order chi connectivity index (χ1) is 17.0. The summed E-state index contributed by atoms with van der Waals surface area (Å²) >= 11 is 0. The molecule has 0 unspecified atom stereocenters. The predicted octanol–water partition coefficient (Wildman–Crippen LogP) is 5.14. The van der Waals surface area contributed by atoms with E-state index in [4.69, 9.17) is 0 Å². The third-order valence-corrected chi connectivity index (χ3v) is 7.35. The van der Waals surface area contributed by atoms with Gasteiger partial charge in [0.2, 0.25) is 5.91 Å². The van der Waals surface area contributed by atoms with E-state index in [0.29, 0.717) is 50.7 Å². The Kier molecular flexibility index (Phi) is 6.82. The van der Waals surface area contributed by atoms with Gasteiger partial charge in [-0.25, -0.2) is 8.78 Å². The molecule has 0 saturated carbocycles. The number of halogens is 2. The van der Waals surface area contributed by atoms with Gasteiger partial charge < -0.3 is 14.7 Å². The Morgan fingerprint density at radius 3 is 2.14 bits per heavy atom. The van der Waals surface area contributed by atoms with E-state index >= 15 is 0 Å². The van der Waals surface area contributed by atoms with E-state index in [-0.39, 0.29) is 5.91 Å². The van der Waals surface area contributed by atoms with Crippen molar-refractivity contribution in [3.63, 3.8) is 0 Å². The molecule has 0 spiro atoms. The number of hydrogen-bond donors (Lipinski definition) is 0. The summed E-state index contributed by atoms with van der Waals surface area (Å²) in [6, 6.07) is 21.0. The number of fused-ring (bicyclic) bond motifs is 3. The molecule has 0 bridgehead atoms. The molecule has 2 aliphatic rings. The second-order valence-corrected chi connectivity index (χ2v) is 9.53. The monoisotopic (exact) mass is 475 g/mol. The van der Waals surface area contributed by atoms with Crippen LogP contribution in [0.2, 0.25) is 0 Å². The van der Waals surface area contributed by atoms with Gasteiger partial charge in [-0.2, -0.15) is 0 Å². The zero-order valence-corrected chi connectivity index (χ0v) is 20.1. The Bertz CT molecular complexity index is 1160. The second-order valence-electron chi connectivity index (χ2n) is 9.53. The van der Waals surface area contributed by atoms with Crippen molar-refractivity contribution in [3.8, 4) is 11.1 Å². The molecule has 182 valence electrons. The average Bonchev–Trinajstić information content (AvgIpc) is 3.20. The van der Waals surface area contributed by atoms with Gasteiger partial charge in [-0.1, -0.05) is 48.5 Å². The predicted molar refractivity (Wildman–Crippen MR) is 136 cm³/mol. The van der Waals surface area contributed by atoms with Crippen LogP contribution in [0.4, 0.5) is 14.5 Å². The standard InChI is InChI=1S/C29H31F2N3O/c1-32(14-12-26-24-8-4-2-6-22(24)23-7-3-5-9-25(23)26)15-13-29(35)34-18-16-33(17-19-34)28-11-10-21(30)20-27(28)31/h2-11,20,26H,12-19H2,1H3. The van der Waals surface area contributed by atoms with Crippen LogP contribution in [0.3, 0.4) is 0 Å². The highest BCUT2D eigenvalue weighted by Crippen LogP contribution is 2.46. The Labute approximate surface area is 205 Å². The van der Waals surface area contributed by atoms with Crippen LogP contribution < -0.4 is 4.90 Å². The number of carbonyl (C=O) groups is 1. The maximum absolute atomic E-state index is 14.1. The van der Waals surface area contributed by atoms with Gasteiger partial charge in [-0.05, 0) is 54.4 Å². The molecule has 0 N–H and O–H groups in total. The number of benzene rings is 3. The van der Waals surface area contributed by atoms with E-state index in [2.05, 4.69) is 60.5 Å². The highest BCUT2D eigenvalue weighted by atomic mass is 19.1. The average molecular weight is 476 g/mol. The first-order valence-electron chi connectivity index (χ1n) is 12.4. The minimum atomic E-state index is -0.578. The highest BCUT2D eigenvalue weighted by Gasteiger charge is 2.28. The van der Waals surface area contributed by atoms with Crippen LogP contribution in [-0.2, 0) is 4.79 Å². The van der Waals surface area contributed by atoms with Crippen LogP contribution in [0.5, 0.6) is 0 Å². The number of hydrogen-bond acceptors (Lipinski definition) is 3. The van der Waals surface area contributed by atoms with E-state index < -0.39 is 11.6 Å². The fourth-order valence-corrected chi connectivity index (χ4v) is 5.41. The number of carbonyl (C=O) groups excluding carboxylic acids is 1. The van der Waals surface area contributed by atoms with Gasteiger partial charge in [0.05, 0.1) is 5.69 Å². The lowest BCUT2D eigenvalue weighted by Gasteiger charge is -2.36. The summed E-state index contributed by atoms with van der Waals surface area (Å²) in [5.41, 5.74) is 5.87. The highest BCUT2D eigenvalue weighted by molar-refractivity contribution is 5.78. The smallest absolute Gasteiger partial charge is 0.223 e. The van der Waals surface area contributed by atoms with Gasteiger partial charge in [-0.15, -0.1) is 0 Å². The maximum Gasteiger partial charge on any atom is 0.223 e. The van der Waals surface area contributed by atoms with Crippen molar-refractivity contribution in [1.29, 1.82) is 0 Å². The number of anilines is 1. The Balaban J connectivity index is 1.10. The van der Waals surface area contributed by atoms with Gasteiger partial charge in [0.15, 0.2) is 0 Å². The number of rotatable bonds is 7. The third kappa shape index (κ3) is 4.94. The summed E-state index contributed by atoms with van der Waals surface area (Å²) in [5, 5.41) is 0. The molecule has 1 aliphatic carbocycles. The fraction of sp³-hybridized carbons (Fsp3) is 0.345. The molecule has 35 heavy (non-hydrogen) atoms. The van der Waals surface area contributed by atoms with Gasteiger partial charge in [0.1, 0.15) is 11.6 Å². The normalized spacial score (nSPS) is 15.4. The Morgan fingerprint density at radius 2 is 1.51 bits per heavy atom. The first-order valence-corrected chi connectivity index (χ1v) is 12.4. The number of piperazine rings is 1. The van der Waals surface area contributed by atoms with Crippen LogP contribution in [-0.4, -0.2) is 62.0 Å².